The van der Waals surface area contributed by atoms with Gasteiger partial charge in [0, 0.05) is 21.8 Å². The Hall–Kier alpha value is -5.73. The van der Waals surface area contributed by atoms with Crippen LogP contribution in [0.2, 0.25) is 0 Å². The fourth-order valence-electron chi connectivity index (χ4n) is 4.34. The maximum Gasteiger partial charge on any atom is 0.335 e. The predicted molar refractivity (Wildman–Crippen MR) is 157 cm³/mol. The van der Waals surface area contributed by atoms with Crippen molar-refractivity contribution in [1.29, 1.82) is 0 Å². The van der Waals surface area contributed by atoms with Crippen LogP contribution in [0.15, 0.2) is 98.1 Å². The number of nitrogens with two attached hydrogens (primary N) is 1. The molecule has 6 N–H and O–H groups in total. The Morgan fingerprint density at radius 1 is 0.698 bits per heavy atom. The second-order valence-electron chi connectivity index (χ2n) is 9.40. The van der Waals surface area contributed by atoms with Gasteiger partial charge in [0.1, 0.15) is 10.6 Å². The molecule has 0 heterocycles. The van der Waals surface area contributed by atoms with Crippen molar-refractivity contribution in [3.05, 3.63) is 89.5 Å². The number of carboxylic acid groups (broad SMARTS) is 2. The van der Waals surface area contributed by atoms with E-state index < -0.39 is 38.4 Å². The molecule has 0 radical (unpaired) electrons. The third kappa shape index (κ3) is 5.72. The van der Waals surface area contributed by atoms with Crippen molar-refractivity contribution in [1.82, 2.24) is 0 Å². The van der Waals surface area contributed by atoms with E-state index in [0.717, 1.165) is 6.07 Å². The molecule has 0 aromatic heterocycles. The molecule has 13 nitrogen and oxygen atoms in total. The first kappa shape index (κ1) is 28.8. The number of nitrogens with zero attached hydrogens (tertiary/aromatic N) is 4. The van der Waals surface area contributed by atoms with Crippen LogP contribution < -0.4 is 5.73 Å². The van der Waals surface area contributed by atoms with Crippen LogP contribution in [0.1, 0.15) is 26.3 Å². The molecule has 5 aromatic carbocycles. The van der Waals surface area contributed by atoms with E-state index in [-0.39, 0.29) is 44.3 Å². The van der Waals surface area contributed by atoms with Gasteiger partial charge in [-0.2, -0.15) is 13.5 Å². The first-order valence-corrected chi connectivity index (χ1v) is 13.8. The summed E-state index contributed by atoms with van der Waals surface area (Å²) < 4.78 is 34.2. The molecule has 43 heavy (non-hydrogen) atoms. The molecular weight excluding hydrogens is 578 g/mol. The molecule has 0 aliphatic carbocycles. The smallest absolute Gasteiger partial charge is 0.335 e. The van der Waals surface area contributed by atoms with Gasteiger partial charge in [0.2, 0.25) is 0 Å². The average molecular weight is 600 g/mol. The van der Waals surface area contributed by atoms with Crippen LogP contribution in [-0.4, -0.2) is 40.2 Å². The third-order valence-electron chi connectivity index (χ3n) is 6.55. The van der Waals surface area contributed by atoms with Gasteiger partial charge in [0.05, 0.1) is 28.2 Å². The first-order chi connectivity index (χ1) is 20.3. The van der Waals surface area contributed by atoms with E-state index in [2.05, 4.69) is 20.5 Å². The van der Waals surface area contributed by atoms with Gasteiger partial charge in [0.15, 0.2) is 5.75 Å². The number of phenols is 1. The largest absolute Gasteiger partial charge is 0.505 e. The molecule has 0 unspecified atom stereocenters. The Morgan fingerprint density at radius 3 is 1.98 bits per heavy atom. The number of hydrogen-bond acceptors (Lipinski definition) is 10. The van der Waals surface area contributed by atoms with Gasteiger partial charge in [-0.05, 0) is 72.5 Å². The number of anilines is 1. The Labute approximate surface area is 243 Å². The zero-order valence-electron chi connectivity index (χ0n) is 22.1. The number of carbonyl (C=O) groups is 2. The highest BCUT2D eigenvalue weighted by molar-refractivity contribution is 7.86. The van der Waals surface area contributed by atoms with E-state index in [4.69, 9.17) is 5.73 Å². The van der Waals surface area contributed by atoms with Gasteiger partial charge in [-0.15, -0.1) is 15.3 Å². The molecule has 0 aliphatic heterocycles. The highest BCUT2D eigenvalue weighted by atomic mass is 32.2. The summed E-state index contributed by atoms with van der Waals surface area (Å²) in [7, 11) is -4.86. The van der Waals surface area contributed by atoms with Crippen molar-refractivity contribution < 1.29 is 37.9 Å². The quantitative estimate of drug-likeness (QED) is 0.0731. The maximum absolute atomic E-state index is 12.2. The molecule has 0 amide bonds. The van der Waals surface area contributed by atoms with Gasteiger partial charge < -0.3 is 21.1 Å². The minimum atomic E-state index is -4.86. The topological polar surface area (TPSA) is 225 Å². The van der Waals surface area contributed by atoms with Crippen LogP contribution in [0, 0.1) is 6.92 Å². The molecular formula is C29H21N5O8S. The summed E-state index contributed by atoms with van der Waals surface area (Å²) in [6.07, 6.45) is 0. The highest BCUT2D eigenvalue weighted by Crippen LogP contribution is 2.43. The number of aromatic carboxylic acids is 2. The summed E-state index contributed by atoms with van der Waals surface area (Å²) in [4.78, 5) is 22.4. The fourth-order valence-corrected chi connectivity index (χ4v) is 5.00. The minimum Gasteiger partial charge on any atom is -0.505 e. The van der Waals surface area contributed by atoms with Gasteiger partial charge in [-0.1, -0.05) is 18.2 Å². The number of benzene rings is 5. The van der Waals surface area contributed by atoms with Crippen LogP contribution in [0.4, 0.5) is 28.4 Å². The number of azo groups is 2. The molecule has 0 fully saturated rings. The highest BCUT2D eigenvalue weighted by Gasteiger charge is 2.22. The molecule has 216 valence electrons. The monoisotopic (exact) mass is 599 g/mol. The van der Waals surface area contributed by atoms with Crippen molar-refractivity contribution in [2.75, 3.05) is 5.73 Å². The molecule has 0 saturated heterocycles. The zero-order valence-corrected chi connectivity index (χ0v) is 22.9. The van der Waals surface area contributed by atoms with E-state index >= 15 is 0 Å². The summed E-state index contributed by atoms with van der Waals surface area (Å²) in [5.41, 5.74) is 6.82. The molecule has 5 aromatic rings. The van der Waals surface area contributed by atoms with Crippen LogP contribution in [0.3, 0.4) is 0 Å². The van der Waals surface area contributed by atoms with Crippen LogP contribution in [0.5, 0.6) is 5.75 Å². The SMILES string of the molecule is Cc1ccc(C(=O)O)cc1/N=N/c1ccc(/N=N/c2c(S(=O)(=O)O)cc3ccc(N)cc3c2O)c2cc(C(=O)O)ccc12. The van der Waals surface area contributed by atoms with Gasteiger partial charge >= 0.3 is 11.9 Å². The Morgan fingerprint density at radius 2 is 1.30 bits per heavy atom. The lowest BCUT2D eigenvalue weighted by Crippen LogP contribution is -1.99. The van der Waals surface area contributed by atoms with E-state index in [0.29, 0.717) is 16.6 Å². The van der Waals surface area contributed by atoms with Crippen LogP contribution in [-0.2, 0) is 10.1 Å². The summed E-state index contributed by atoms with van der Waals surface area (Å²) >= 11 is 0. The van der Waals surface area contributed by atoms with E-state index in [1.807, 2.05) is 0 Å². The van der Waals surface area contributed by atoms with E-state index in [1.54, 1.807) is 13.0 Å². The van der Waals surface area contributed by atoms with Crippen molar-refractivity contribution in [3.8, 4) is 5.75 Å². The van der Waals surface area contributed by atoms with Gasteiger partial charge in [0.25, 0.3) is 10.1 Å². The molecule has 0 atom stereocenters. The van der Waals surface area contributed by atoms with E-state index in [1.165, 1.54) is 60.7 Å². The molecule has 5 rings (SSSR count). The minimum absolute atomic E-state index is 0.0233. The number of nitrogen functional groups attached to an aromatic ring is 1. The fraction of sp³-hybridized carbons (Fsp3) is 0.0345. The number of rotatable bonds is 7. The van der Waals surface area contributed by atoms with Gasteiger partial charge in [-0.3, -0.25) is 4.55 Å². The number of hydrogen-bond donors (Lipinski definition) is 5. The normalized spacial score (nSPS) is 12.0. The molecule has 0 spiro atoms. The van der Waals surface area contributed by atoms with Crippen molar-refractivity contribution >= 4 is 72.0 Å². The lowest BCUT2D eigenvalue weighted by atomic mass is 10.0. The predicted octanol–water partition coefficient (Wildman–Crippen LogP) is 7.06. The molecule has 14 heteroatoms. The number of aryl methyl sites for hydroxylation is 1. The zero-order chi connectivity index (χ0) is 31.1. The van der Waals surface area contributed by atoms with Gasteiger partial charge in [-0.25, -0.2) is 9.59 Å². The summed E-state index contributed by atoms with van der Waals surface area (Å²) in [5, 5.41) is 47.3. The standard InChI is InChI=1S/C29H21N5O8S/c1-14-2-3-17(29(38)39)11-24(14)33-31-22-8-9-23(21-10-16(28(36)37)5-7-19(21)22)32-34-26-25(43(40,41)42)12-15-4-6-18(30)13-20(15)27(26)35/h2-13,35H,30H2,1H3,(H,36,37)(H,38,39)(H,40,41,42)/b33-31+,34-32+. The second-order valence-corrected chi connectivity index (χ2v) is 10.8. The van der Waals surface area contributed by atoms with Crippen molar-refractivity contribution in [2.24, 2.45) is 20.5 Å². The average Bonchev–Trinajstić information content (AvgIpc) is 2.95. The molecule has 0 saturated carbocycles. The maximum atomic E-state index is 12.2. The number of fused-ring (bicyclic) bond motifs is 2. The lowest BCUT2D eigenvalue weighted by molar-refractivity contribution is 0.0686. The van der Waals surface area contributed by atoms with Crippen LogP contribution in [0.25, 0.3) is 21.5 Å². The Bertz CT molecular complexity index is 2160. The number of phenolic OH excluding ortho intramolecular Hbond substituents is 1. The summed E-state index contributed by atoms with van der Waals surface area (Å²) in [5.74, 6) is -2.95. The van der Waals surface area contributed by atoms with Crippen molar-refractivity contribution in [3.63, 3.8) is 0 Å². The number of aromatic hydroxyl groups is 1. The van der Waals surface area contributed by atoms with Crippen LogP contribution >= 0.6 is 0 Å². The second kappa shape index (κ2) is 10.9. The third-order valence-corrected chi connectivity index (χ3v) is 7.42. The first-order valence-electron chi connectivity index (χ1n) is 12.3. The number of carboxylic acids is 2. The Kier molecular flexibility index (Phi) is 7.31. The summed E-state index contributed by atoms with van der Waals surface area (Å²) in [6, 6.07) is 16.9. The van der Waals surface area contributed by atoms with E-state index in [9.17, 15) is 37.9 Å². The van der Waals surface area contributed by atoms with Crippen molar-refractivity contribution in [2.45, 2.75) is 11.8 Å². The lowest BCUT2D eigenvalue weighted by Gasteiger charge is -2.10. The Balaban J connectivity index is 1.67. The molecule has 0 aliphatic rings. The summed E-state index contributed by atoms with van der Waals surface area (Å²) in [6.45, 7) is 1.73. The molecule has 0 bridgehead atoms.